The van der Waals surface area contributed by atoms with Gasteiger partial charge in [-0.1, -0.05) is 41.7 Å². The summed E-state index contributed by atoms with van der Waals surface area (Å²) in [6.45, 7) is 1.62. The zero-order valence-corrected chi connectivity index (χ0v) is 12.0. The number of nitrogens with zero attached hydrogens (tertiary/aromatic N) is 2. The van der Waals surface area contributed by atoms with Gasteiger partial charge in [-0.05, 0) is 18.4 Å². The van der Waals surface area contributed by atoms with E-state index in [9.17, 15) is 0 Å². The zero-order valence-electron chi connectivity index (χ0n) is 10.5. The normalized spacial score (nSPS) is 21.2. The third kappa shape index (κ3) is 2.96. The maximum Gasteiger partial charge on any atom is 0.139 e. The standard InChI is InChI=1S/C14H15ClN2OS/c15-12(10-5-2-1-3-6-10)14-17-16-13(19-14)11-7-4-8-18-9-11/h1-3,5-6,11-12H,4,7-9H2. The van der Waals surface area contributed by atoms with Gasteiger partial charge < -0.3 is 4.74 Å². The average molecular weight is 295 g/mol. The van der Waals surface area contributed by atoms with Gasteiger partial charge in [0.15, 0.2) is 0 Å². The van der Waals surface area contributed by atoms with Gasteiger partial charge in [-0.15, -0.1) is 21.8 Å². The molecule has 100 valence electrons. The Morgan fingerprint density at radius 3 is 2.84 bits per heavy atom. The highest BCUT2D eigenvalue weighted by molar-refractivity contribution is 7.11. The van der Waals surface area contributed by atoms with Crippen LogP contribution in [-0.4, -0.2) is 23.4 Å². The van der Waals surface area contributed by atoms with E-state index in [1.807, 2.05) is 30.3 Å². The first kappa shape index (κ1) is 13.0. The number of halogens is 1. The van der Waals surface area contributed by atoms with E-state index in [0.717, 1.165) is 41.6 Å². The van der Waals surface area contributed by atoms with Gasteiger partial charge in [-0.3, -0.25) is 0 Å². The van der Waals surface area contributed by atoms with Crippen molar-refractivity contribution >= 4 is 22.9 Å². The lowest BCUT2D eigenvalue weighted by atomic mass is 10.0. The zero-order chi connectivity index (χ0) is 13.1. The maximum absolute atomic E-state index is 6.46. The van der Waals surface area contributed by atoms with Crippen LogP contribution in [0.3, 0.4) is 0 Å². The van der Waals surface area contributed by atoms with Crippen LogP contribution < -0.4 is 0 Å². The van der Waals surface area contributed by atoms with E-state index in [1.54, 1.807) is 11.3 Å². The molecule has 19 heavy (non-hydrogen) atoms. The van der Waals surface area contributed by atoms with Crippen molar-refractivity contribution in [3.8, 4) is 0 Å². The molecule has 1 aromatic heterocycles. The van der Waals surface area contributed by atoms with Crippen LogP contribution in [-0.2, 0) is 4.74 Å². The number of rotatable bonds is 3. The summed E-state index contributed by atoms with van der Waals surface area (Å²) >= 11 is 8.07. The van der Waals surface area contributed by atoms with Crippen molar-refractivity contribution in [1.82, 2.24) is 10.2 Å². The molecule has 0 amide bonds. The summed E-state index contributed by atoms with van der Waals surface area (Å²) in [6, 6.07) is 9.99. The van der Waals surface area contributed by atoms with Crippen molar-refractivity contribution in [1.29, 1.82) is 0 Å². The molecule has 1 aromatic carbocycles. The monoisotopic (exact) mass is 294 g/mol. The van der Waals surface area contributed by atoms with E-state index >= 15 is 0 Å². The summed E-state index contributed by atoms with van der Waals surface area (Å²) in [4.78, 5) is 0. The second kappa shape index (κ2) is 5.99. The van der Waals surface area contributed by atoms with E-state index in [4.69, 9.17) is 16.3 Å². The summed E-state index contributed by atoms with van der Waals surface area (Å²) < 4.78 is 5.50. The number of hydrogen-bond donors (Lipinski definition) is 0. The predicted molar refractivity (Wildman–Crippen MR) is 76.8 cm³/mol. The molecule has 2 heterocycles. The van der Waals surface area contributed by atoms with Crippen molar-refractivity contribution < 1.29 is 4.74 Å². The lowest BCUT2D eigenvalue weighted by Crippen LogP contribution is -2.15. The minimum Gasteiger partial charge on any atom is -0.381 e. The quantitative estimate of drug-likeness (QED) is 0.809. The number of ether oxygens (including phenoxy) is 1. The number of alkyl halides is 1. The van der Waals surface area contributed by atoms with Gasteiger partial charge in [0, 0.05) is 12.5 Å². The lowest BCUT2D eigenvalue weighted by Gasteiger charge is -2.19. The Morgan fingerprint density at radius 2 is 2.11 bits per heavy atom. The molecular formula is C14H15ClN2OS. The second-order valence-electron chi connectivity index (χ2n) is 4.67. The van der Waals surface area contributed by atoms with E-state index in [0.29, 0.717) is 5.92 Å². The van der Waals surface area contributed by atoms with Crippen molar-refractivity contribution in [2.45, 2.75) is 24.1 Å². The first-order valence-electron chi connectivity index (χ1n) is 6.44. The molecule has 5 heteroatoms. The molecule has 3 nitrogen and oxygen atoms in total. The van der Waals surface area contributed by atoms with Crippen molar-refractivity contribution in [3.63, 3.8) is 0 Å². The molecule has 1 fully saturated rings. The van der Waals surface area contributed by atoms with Gasteiger partial charge in [-0.25, -0.2) is 0 Å². The highest BCUT2D eigenvalue weighted by Gasteiger charge is 2.22. The fourth-order valence-corrected chi connectivity index (χ4v) is 3.51. The van der Waals surface area contributed by atoms with Crippen LogP contribution in [0.2, 0.25) is 0 Å². The Kier molecular flexibility index (Phi) is 4.11. The summed E-state index contributed by atoms with van der Waals surface area (Å²) in [5, 5.41) is 10.2. The number of benzene rings is 1. The molecule has 0 radical (unpaired) electrons. The van der Waals surface area contributed by atoms with E-state index in [1.165, 1.54) is 0 Å². The van der Waals surface area contributed by atoms with Gasteiger partial charge >= 0.3 is 0 Å². The van der Waals surface area contributed by atoms with E-state index in [2.05, 4.69) is 10.2 Å². The van der Waals surface area contributed by atoms with Gasteiger partial charge in [-0.2, -0.15) is 0 Å². The van der Waals surface area contributed by atoms with Crippen LogP contribution in [0, 0.1) is 0 Å². The van der Waals surface area contributed by atoms with Crippen LogP contribution in [0.5, 0.6) is 0 Å². The Morgan fingerprint density at radius 1 is 1.26 bits per heavy atom. The molecule has 2 unspecified atom stereocenters. The van der Waals surface area contributed by atoms with Crippen LogP contribution in [0.1, 0.15) is 39.7 Å². The summed E-state index contributed by atoms with van der Waals surface area (Å²) in [5.74, 6) is 0.389. The smallest absolute Gasteiger partial charge is 0.139 e. The van der Waals surface area contributed by atoms with Crippen molar-refractivity contribution in [2.75, 3.05) is 13.2 Å². The predicted octanol–water partition coefficient (Wildman–Crippen LogP) is 3.76. The Balaban J connectivity index is 1.77. The van der Waals surface area contributed by atoms with Crippen LogP contribution in [0.15, 0.2) is 30.3 Å². The molecule has 1 saturated heterocycles. The fraction of sp³-hybridized carbons (Fsp3) is 0.429. The largest absolute Gasteiger partial charge is 0.381 e. The molecular weight excluding hydrogens is 280 g/mol. The fourth-order valence-electron chi connectivity index (χ4n) is 2.21. The van der Waals surface area contributed by atoms with Crippen LogP contribution in [0.25, 0.3) is 0 Å². The molecule has 0 saturated carbocycles. The SMILES string of the molecule is ClC(c1ccccc1)c1nnc(C2CCCOC2)s1. The Hall–Kier alpha value is -0.970. The van der Waals surface area contributed by atoms with Gasteiger partial charge in [0.05, 0.1) is 6.61 Å². The van der Waals surface area contributed by atoms with Crippen molar-refractivity contribution in [2.24, 2.45) is 0 Å². The molecule has 1 aliphatic heterocycles. The molecule has 0 aliphatic carbocycles. The molecule has 1 aliphatic rings. The summed E-state index contributed by atoms with van der Waals surface area (Å²) in [6.07, 6.45) is 2.23. The van der Waals surface area contributed by atoms with Gasteiger partial charge in [0.1, 0.15) is 15.4 Å². The molecule has 2 atom stereocenters. The summed E-state index contributed by atoms with van der Waals surface area (Å²) in [7, 11) is 0. The van der Waals surface area contributed by atoms with Gasteiger partial charge in [0.2, 0.25) is 0 Å². The number of hydrogen-bond acceptors (Lipinski definition) is 4. The highest BCUT2D eigenvalue weighted by Crippen LogP contribution is 2.34. The van der Waals surface area contributed by atoms with E-state index < -0.39 is 0 Å². The molecule has 0 bridgehead atoms. The topological polar surface area (TPSA) is 35.0 Å². The molecule has 3 rings (SSSR count). The maximum atomic E-state index is 6.46. The first-order chi connectivity index (χ1) is 9.34. The average Bonchev–Trinajstić information content (AvgIpc) is 2.98. The molecule has 2 aromatic rings. The number of aromatic nitrogens is 2. The minimum absolute atomic E-state index is 0.211. The molecule has 0 N–H and O–H groups in total. The first-order valence-corrected chi connectivity index (χ1v) is 7.70. The van der Waals surface area contributed by atoms with Gasteiger partial charge in [0.25, 0.3) is 0 Å². The van der Waals surface area contributed by atoms with E-state index in [-0.39, 0.29) is 5.38 Å². The lowest BCUT2D eigenvalue weighted by molar-refractivity contribution is 0.0802. The second-order valence-corrected chi connectivity index (χ2v) is 6.14. The third-order valence-electron chi connectivity index (χ3n) is 3.27. The minimum atomic E-state index is -0.211. The van der Waals surface area contributed by atoms with Crippen LogP contribution >= 0.6 is 22.9 Å². The van der Waals surface area contributed by atoms with Crippen LogP contribution in [0.4, 0.5) is 0 Å². The summed E-state index contributed by atoms with van der Waals surface area (Å²) in [5.41, 5.74) is 1.06. The Labute approximate surface area is 121 Å². The molecule has 0 spiro atoms. The third-order valence-corrected chi connectivity index (χ3v) is 5.01. The Bertz CT molecular complexity index is 525. The van der Waals surface area contributed by atoms with Crippen molar-refractivity contribution in [3.05, 3.63) is 45.9 Å². The highest BCUT2D eigenvalue weighted by atomic mass is 35.5.